The molecule has 0 unspecified atom stereocenters. The molecule has 0 aliphatic carbocycles. The Morgan fingerprint density at radius 2 is 1.80 bits per heavy atom. The van der Waals surface area contributed by atoms with E-state index in [1.54, 1.807) is 0 Å². The van der Waals surface area contributed by atoms with Crippen LogP contribution in [0.4, 0.5) is 17.8 Å². The van der Waals surface area contributed by atoms with Crippen molar-refractivity contribution in [3.8, 4) is 0 Å². The van der Waals surface area contributed by atoms with Crippen LogP contribution in [0.5, 0.6) is 0 Å². The van der Waals surface area contributed by atoms with Gasteiger partial charge < -0.3 is 20.4 Å². The molecule has 1 saturated heterocycles. The molecule has 2 heterocycles. The zero-order valence-corrected chi connectivity index (χ0v) is 12.8. The molecule has 1 aliphatic heterocycles. The summed E-state index contributed by atoms with van der Waals surface area (Å²) < 4.78 is 0. The number of likely N-dealkylation sites (tertiary alicyclic amines) is 1. The van der Waals surface area contributed by atoms with Gasteiger partial charge in [0.15, 0.2) is 0 Å². The van der Waals surface area contributed by atoms with E-state index in [4.69, 9.17) is 0 Å². The van der Waals surface area contributed by atoms with Crippen molar-refractivity contribution >= 4 is 17.8 Å². The van der Waals surface area contributed by atoms with Crippen LogP contribution in [0.2, 0.25) is 0 Å². The smallest absolute Gasteiger partial charge is 0.231 e. The molecule has 20 heavy (non-hydrogen) atoms. The summed E-state index contributed by atoms with van der Waals surface area (Å²) in [5.41, 5.74) is 0. The Hall–Kier alpha value is -1.63. The number of aromatic nitrogens is 3. The van der Waals surface area contributed by atoms with Gasteiger partial charge in [0.1, 0.15) is 0 Å². The Kier molecular flexibility index (Phi) is 4.94. The van der Waals surface area contributed by atoms with E-state index < -0.39 is 0 Å². The van der Waals surface area contributed by atoms with Crippen LogP contribution in [0, 0.1) is 0 Å². The highest BCUT2D eigenvalue weighted by atomic mass is 15.3. The quantitative estimate of drug-likeness (QED) is 0.829. The van der Waals surface area contributed by atoms with Gasteiger partial charge in [-0.1, -0.05) is 0 Å². The molecule has 0 spiro atoms. The van der Waals surface area contributed by atoms with Crippen molar-refractivity contribution in [3.63, 3.8) is 0 Å². The molecule has 1 aliphatic rings. The average Bonchev–Trinajstić information content (AvgIpc) is 2.41. The van der Waals surface area contributed by atoms with Crippen LogP contribution in [0.15, 0.2) is 0 Å². The molecular weight excluding hydrogens is 254 g/mol. The maximum absolute atomic E-state index is 4.47. The van der Waals surface area contributed by atoms with Gasteiger partial charge in [0.05, 0.1) is 0 Å². The molecule has 112 valence electrons. The van der Waals surface area contributed by atoms with Crippen molar-refractivity contribution in [2.24, 2.45) is 0 Å². The predicted octanol–water partition coefficient (Wildman–Crippen LogP) is 0.875. The zero-order valence-electron chi connectivity index (χ0n) is 12.8. The number of piperidine rings is 1. The van der Waals surface area contributed by atoms with Crippen molar-refractivity contribution in [1.29, 1.82) is 0 Å². The average molecular weight is 279 g/mol. The summed E-state index contributed by atoms with van der Waals surface area (Å²) in [6, 6.07) is 0.443. The van der Waals surface area contributed by atoms with Gasteiger partial charge in [0, 0.05) is 26.7 Å². The second kappa shape index (κ2) is 6.69. The van der Waals surface area contributed by atoms with Gasteiger partial charge in [-0.2, -0.15) is 15.0 Å². The Bertz CT molecular complexity index is 427. The molecule has 1 aromatic rings. The molecule has 7 heteroatoms. The first-order valence-corrected chi connectivity index (χ1v) is 7.21. The molecule has 0 saturated carbocycles. The number of hydrogen-bond donors (Lipinski definition) is 2. The minimum atomic E-state index is 0.443. The van der Waals surface area contributed by atoms with Crippen molar-refractivity contribution < 1.29 is 0 Å². The van der Waals surface area contributed by atoms with Crippen LogP contribution < -0.4 is 15.5 Å². The summed E-state index contributed by atoms with van der Waals surface area (Å²) in [7, 11) is 6.03. The summed E-state index contributed by atoms with van der Waals surface area (Å²) in [4.78, 5) is 17.5. The highest BCUT2D eigenvalue weighted by Crippen LogP contribution is 2.16. The van der Waals surface area contributed by atoms with E-state index in [1.807, 2.05) is 25.9 Å². The van der Waals surface area contributed by atoms with Gasteiger partial charge in [-0.3, -0.25) is 0 Å². The normalized spacial score (nSPS) is 17.0. The first-order chi connectivity index (χ1) is 9.58. The standard InChI is InChI=1S/C13H25N7/c1-5-14-11-16-12(18-13(17-11)19(2)3)15-10-6-8-20(4)9-7-10/h10H,5-9H2,1-4H3,(H2,14,15,16,17,18). The number of rotatable bonds is 5. The van der Waals surface area contributed by atoms with Crippen LogP contribution in [0.3, 0.4) is 0 Å². The van der Waals surface area contributed by atoms with Crippen LogP contribution >= 0.6 is 0 Å². The van der Waals surface area contributed by atoms with Crippen LogP contribution in [0.1, 0.15) is 19.8 Å². The Morgan fingerprint density at radius 1 is 1.15 bits per heavy atom. The van der Waals surface area contributed by atoms with Gasteiger partial charge >= 0.3 is 0 Å². The molecule has 0 aromatic carbocycles. The lowest BCUT2D eigenvalue weighted by molar-refractivity contribution is 0.263. The van der Waals surface area contributed by atoms with Crippen LogP contribution in [-0.4, -0.2) is 66.7 Å². The maximum atomic E-state index is 4.47. The van der Waals surface area contributed by atoms with Crippen molar-refractivity contribution in [3.05, 3.63) is 0 Å². The Balaban J connectivity index is 2.09. The number of hydrogen-bond acceptors (Lipinski definition) is 7. The number of nitrogens with one attached hydrogen (secondary N) is 2. The summed E-state index contributed by atoms with van der Waals surface area (Å²) in [5, 5.41) is 6.59. The minimum absolute atomic E-state index is 0.443. The summed E-state index contributed by atoms with van der Waals surface area (Å²) in [6.45, 7) is 5.06. The fourth-order valence-electron chi connectivity index (χ4n) is 2.20. The third kappa shape index (κ3) is 3.93. The van der Waals surface area contributed by atoms with Crippen LogP contribution in [0.25, 0.3) is 0 Å². The highest BCUT2D eigenvalue weighted by molar-refractivity contribution is 5.43. The third-order valence-corrected chi connectivity index (χ3v) is 3.41. The molecule has 1 fully saturated rings. The van der Waals surface area contributed by atoms with Crippen LogP contribution in [-0.2, 0) is 0 Å². The fourth-order valence-corrected chi connectivity index (χ4v) is 2.20. The SMILES string of the molecule is CCNc1nc(NC2CCN(C)CC2)nc(N(C)C)n1. The van der Waals surface area contributed by atoms with E-state index in [0.29, 0.717) is 23.9 Å². The van der Waals surface area contributed by atoms with E-state index >= 15 is 0 Å². The van der Waals surface area contributed by atoms with E-state index in [1.165, 1.54) is 0 Å². The number of anilines is 3. The van der Waals surface area contributed by atoms with Crippen molar-refractivity contribution in [1.82, 2.24) is 19.9 Å². The molecule has 1 aromatic heterocycles. The molecule has 0 atom stereocenters. The topological polar surface area (TPSA) is 69.2 Å². The molecule has 0 amide bonds. The Morgan fingerprint density at radius 3 is 2.40 bits per heavy atom. The van der Waals surface area contributed by atoms with Gasteiger partial charge in [-0.15, -0.1) is 0 Å². The largest absolute Gasteiger partial charge is 0.354 e. The number of nitrogens with zero attached hydrogens (tertiary/aromatic N) is 5. The van der Waals surface area contributed by atoms with E-state index in [0.717, 1.165) is 32.5 Å². The lowest BCUT2D eigenvalue weighted by Gasteiger charge is -2.29. The second-order valence-corrected chi connectivity index (χ2v) is 5.43. The summed E-state index contributed by atoms with van der Waals surface area (Å²) in [6.07, 6.45) is 2.24. The molecule has 0 radical (unpaired) electrons. The second-order valence-electron chi connectivity index (χ2n) is 5.43. The highest BCUT2D eigenvalue weighted by Gasteiger charge is 2.18. The van der Waals surface area contributed by atoms with Crippen molar-refractivity contribution in [2.75, 3.05) is 56.3 Å². The maximum Gasteiger partial charge on any atom is 0.231 e. The summed E-state index contributed by atoms with van der Waals surface area (Å²) >= 11 is 0. The molecular formula is C13H25N7. The van der Waals surface area contributed by atoms with Gasteiger partial charge in [-0.05, 0) is 39.9 Å². The van der Waals surface area contributed by atoms with Gasteiger partial charge in [0.25, 0.3) is 0 Å². The molecule has 7 nitrogen and oxygen atoms in total. The zero-order chi connectivity index (χ0) is 14.5. The molecule has 2 rings (SSSR count). The molecule has 0 bridgehead atoms. The lowest BCUT2D eigenvalue weighted by Crippen LogP contribution is -2.37. The Labute approximate surface area is 120 Å². The van der Waals surface area contributed by atoms with Gasteiger partial charge in [0.2, 0.25) is 17.8 Å². The monoisotopic (exact) mass is 279 g/mol. The first-order valence-electron chi connectivity index (χ1n) is 7.21. The van der Waals surface area contributed by atoms with Crippen molar-refractivity contribution in [2.45, 2.75) is 25.8 Å². The first kappa shape index (κ1) is 14.8. The van der Waals surface area contributed by atoms with E-state index in [9.17, 15) is 0 Å². The molecule has 2 N–H and O–H groups in total. The third-order valence-electron chi connectivity index (χ3n) is 3.41. The van der Waals surface area contributed by atoms with E-state index in [-0.39, 0.29) is 0 Å². The van der Waals surface area contributed by atoms with Gasteiger partial charge in [-0.25, -0.2) is 0 Å². The predicted molar refractivity (Wildman–Crippen MR) is 82.5 cm³/mol. The van der Waals surface area contributed by atoms with E-state index in [2.05, 4.69) is 37.5 Å². The fraction of sp³-hybridized carbons (Fsp3) is 0.769. The minimum Gasteiger partial charge on any atom is -0.354 e. The summed E-state index contributed by atoms with van der Waals surface area (Å²) in [5.74, 6) is 1.96. The lowest BCUT2D eigenvalue weighted by atomic mass is 10.1.